The molecule has 4 aliphatic rings. The molecule has 3 saturated heterocycles. The van der Waals surface area contributed by atoms with E-state index in [2.05, 4.69) is 0 Å². The van der Waals surface area contributed by atoms with Crippen molar-refractivity contribution in [2.24, 2.45) is 23.7 Å². The van der Waals surface area contributed by atoms with Gasteiger partial charge in [-0.15, -0.1) is 0 Å². The number of carbonyl (C=O) groups excluding carboxylic acids is 3. The molecule has 63 heavy (non-hydrogen) atoms. The van der Waals surface area contributed by atoms with Crippen LogP contribution >= 0.6 is 0 Å². The monoisotopic (exact) mass is 902 g/mol. The van der Waals surface area contributed by atoms with Crippen molar-refractivity contribution >= 4 is 18.0 Å². The van der Waals surface area contributed by atoms with Crippen molar-refractivity contribution in [1.82, 2.24) is 4.90 Å². The molecule has 18 heteroatoms. The van der Waals surface area contributed by atoms with Gasteiger partial charge in [-0.1, -0.05) is 38.5 Å². The topological polar surface area (TPSA) is 239 Å². The van der Waals surface area contributed by atoms with Crippen LogP contribution in [0.15, 0.2) is 23.8 Å². The predicted molar refractivity (Wildman–Crippen MR) is 226 cm³/mol. The number of ether oxygens (including phenoxy) is 9. The Bertz CT molecular complexity index is 1540. The number of hydrogen-bond acceptors (Lipinski definition) is 18. The molecule has 0 aromatic carbocycles. The minimum absolute atomic E-state index is 0.0117. The quantitative estimate of drug-likeness (QED) is 0.138. The first kappa shape index (κ1) is 53.3. The molecule has 4 heterocycles. The molecule has 0 bridgehead atoms. The molecule has 0 aromatic heterocycles. The number of methoxy groups -OCH3 is 2. The molecule has 0 spiro atoms. The number of carbonyl (C=O) groups is 3. The largest absolute Gasteiger partial charge is 0.462 e. The van der Waals surface area contributed by atoms with Crippen LogP contribution in [-0.4, -0.2) is 187 Å². The summed E-state index contributed by atoms with van der Waals surface area (Å²) >= 11 is 0. The highest BCUT2D eigenvalue weighted by atomic mass is 16.7. The summed E-state index contributed by atoms with van der Waals surface area (Å²) in [6.07, 6.45) is -9.08. The summed E-state index contributed by atoms with van der Waals surface area (Å²) in [5.74, 6) is -4.14. The maximum atomic E-state index is 13.7. The Kier molecular flexibility index (Phi) is 19.9. The van der Waals surface area contributed by atoms with Crippen molar-refractivity contribution in [2.45, 2.75) is 185 Å². The van der Waals surface area contributed by atoms with E-state index in [1.54, 1.807) is 66.6 Å². The minimum atomic E-state index is -1.49. The highest BCUT2D eigenvalue weighted by molar-refractivity contribution is 5.92. The number of cyclic esters (lactones) is 1. The first-order valence-electron chi connectivity index (χ1n) is 22.2. The van der Waals surface area contributed by atoms with Crippen LogP contribution in [0.2, 0.25) is 0 Å². The van der Waals surface area contributed by atoms with Crippen LogP contribution in [0.5, 0.6) is 0 Å². The SMILES string of the molecule is CC[C@@H]1OC(=O)C[C@H](O)[C@@H](C)[C@@H](O[C@@H]2O[C@H](C)[C@@H](O[C@H]3C[C@@](C)(O)[C@@H](O)[C@H](C)O3)[C@H](N(C)C)[C@H]2O)[C@@H](C=O)C[C@@H](C)C(=O)/C=C/C(C)=C\[C@@H]1CO[C@H]1O[C@@H](C)[C@H](O)[C@H](OC)[C@@H]1OC. The molecular weight excluding hydrogens is 826 g/mol. The Morgan fingerprint density at radius 3 is 2.10 bits per heavy atom. The number of aldehydes is 1. The lowest BCUT2D eigenvalue weighted by atomic mass is 9.81. The second-order valence-electron chi connectivity index (χ2n) is 18.4. The van der Waals surface area contributed by atoms with Crippen LogP contribution in [0.4, 0.5) is 0 Å². The second-order valence-corrected chi connectivity index (χ2v) is 18.4. The zero-order valence-corrected chi connectivity index (χ0v) is 39.0. The number of rotatable bonds is 12. The molecule has 4 aliphatic heterocycles. The van der Waals surface area contributed by atoms with E-state index in [1.165, 1.54) is 27.2 Å². The van der Waals surface area contributed by atoms with E-state index in [4.69, 9.17) is 42.6 Å². The summed E-state index contributed by atoms with van der Waals surface area (Å²) in [6.45, 7) is 13.5. The Labute approximate surface area is 372 Å². The lowest BCUT2D eigenvalue weighted by Gasteiger charge is -2.50. The van der Waals surface area contributed by atoms with E-state index >= 15 is 0 Å². The summed E-state index contributed by atoms with van der Waals surface area (Å²) in [5, 5.41) is 55.5. The van der Waals surface area contributed by atoms with Crippen molar-refractivity contribution in [2.75, 3.05) is 34.9 Å². The molecule has 362 valence electrons. The molecule has 3 fully saturated rings. The van der Waals surface area contributed by atoms with Gasteiger partial charge in [0.15, 0.2) is 24.7 Å². The first-order chi connectivity index (χ1) is 29.6. The number of likely N-dealkylation sites (N-methyl/N-ethyl adjacent to an activating group) is 1. The highest BCUT2D eigenvalue weighted by Gasteiger charge is 2.52. The Morgan fingerprint density at radius 2 is 1.51 bits per heavy atom. The van der Waals surface area contributed by atoms with E-state index in [0.29, 0.717) is 18.3 Å². The number of hydrogen-bond donors (Lipinski definition) is 5. The Morgan fingerprint density at radius 1 is 0.857 bits per heavy atom. The standard InChI is InChI=1S/C45H75NO17/c1-13-32-29(21-57-44-41(56-12)40(55-11)36(51)25(5)59-44)16-22(2)14-15-30(48)23(3)17-28(20-47)38(24(4)31(49)18-33(50)61-32)63-43-37(52)35(46(9)10)39(26(6)60-43)62-34-19-45(8,54)42(53)27(7)58-34/h14-16,20,23-29,31-32,34-44,49,51-54H,13,17-19,21H2,1-12H3/b15-14+,22-16-/t23-,24-,25+,26-,27+,28-,29-,31+,32+,34+,35-,36+,37-,38-,39-,40+,41+,42+,43+,44+,45-/m1/s1. The van der Waals surface area contributed by atoms with Gasteiger partial charge in [0.25, 0.3) is 0 Å². The molecule has 4 rings (SSSR count). The van der Waals surface area contributed by atoms with Gasteiger partial charge >= 0.3 is 5.97 Å². The molecule has 0 amide bonds. The second kappa shape index (κ2) is 23.5. The molecule has 0 saturated carbocycles. The average Bonchev–Trinajstić information content (AvgIpc) is 3.22. The molecule has 5 N–H and O–H groups in total. The van der Waals surface area contributed by atoms with Gasteiger partial charge in [0.2, 0.25) is 0 Å². The zero-order chi connectivity index (χ0) is 47.1. The van der Waals surface area contributed by atoms with E-state index in [-0.39, 0.29) is 25.2 Å². The van der Waals surface area contributed by atoms with Gasteiger partial charge in [0, 0.05) is 44.3 Å². The number of aliphatic hydroxyl groups excluding tert-OH is 4. The molecule has 0 aliphatic carbocycles. The molecule has 18 nitrogen and oxygen atoms in total. The summed E-state index contributed by atoms with van der Waals surface area (Å²) in [6, 6.07) is -0.767. The lowest BCUT2D eigenvalue weighted by Crippen LogP contribution is -2.65. The van der Waals surface area contributed by atoms with Crippen LogP contribution in [0.3, 0.4) is 0 Å². The molecule has 0 radical (unpaired) electrons. The normalized spacial score (nSPS) is 46.5. The smallest absolute Gasteiger partial charge is 0.308 e. The van der Waals surface area contributed by atoms with Gasteiger partial charge in [-0.2, -0.15) is 0 Å². The number of ketones is 1. The summed E-state index contributed by atoms with van der Waals surface area (Å²) in [4.78, 5) is 42.0. The fourth-order valence-corrected chi connectivity index (χ4v) is 9.19. The van der Waals surface area contributed by atoms with Gasteiger partial charge in [-0.3, -0.25) is 9.59 Å². The van der Waals surface area contributed by atoms with Crippen molar-refractivity contribution in [3.63, 3.8) is 0 Å². The van der Waals surface area contributed by atoms with E-state index < -0.39 is 140 Å². The van der Waals surface area contributed by atoms with Crippen molar-refractivity contribution in [3.05, 3.63) is 23.8 Å². The molecular formula is C45H75NO17. The first-order valence-corrected chi connectivity index (χ1v) is 22.2. The van der Waals surface area contributed by atoms with Gasteiger partial charge in [0.05, 0.1) is 55.2 Å². The van der Waals surface area contributed by atoms with E-state index in [1.807, 2.05) is 13.0 Å². The third-order valence-electron chi connectivity index (χ3n) is 13.1. The summed E-state index contributed by atoms with van der Waals surface area (Å²) < 4.78 is 54.4. The Hall–Kier alpha value is -2.27. The number of nitrogens with zero attached hydrogens (tertiary/aromatic N) is 1. The third-order valence-corrected chi connectivity index (χ3v) is 13.1. The summed E-state index contributed by atoms with van der Waals surface area (Å²) in [7, 11) is 6.40. The maximum Gasteiger partial charge on any atom is 0.308 e. The Balaban J connectivity index is 1.60. The average molecular weight is 902 g/mol. The van der Waals surface area contributed by atoms with Crippen LogP contribution in [0.1, 0.15) is 81.1 Å². The minimum Gasteiger partial charge on any atom is -0.462 e. The number of allylic oxidation sites excluding steroid dienone is 3. The van der Waals surface area contributed by atoms with Crippen LogP contribution in [-0.2, 0) is 57.0 Å². The van der Waals surface area contributed by atoms with Gasteiger partial charge in [-0.05, 0) is 67.6 Å². The predicted octanol–water partition coefficient (Wildman–Crippen LogP) is 1.44. The van der Waals surface area contributed by atoms with E-state index in [9.17, 15) is 39.9 Å². The van der Waals surface area contributed by atoms with Crippen molar-refractivity contribution < 1.29 is 82.5 Å². The molecule has 0 unspecified atom stereocenters. The lowest BCUT2D eigenvalue weighted by molar-refractivity contribution is -0.341. The highest BCUT2D eigenvalue weighted by Crippen LogP contribution is 2.37. The molecule has 0 aromatic rings. The van der Waals surface area contributed by atoms with Gasteiger partial charge in [0.1, 0.15) is 49.0 Å². The molecule has 21 atom stereocenters. The number of aliphatic hydroxyl groups is 5. The van der Waals surface area contributed by atoms with E-state index in [0.717, 1.165) is 0 Å². The number of esters is 1. The third kappa shape index (κ3) is 13.2. The van der Waals surface area contributed by atoms with Crippen molar-refractivity contribution in [3.8, 4) is 0 Å². The summed E-state index contributed by atoms with van der Waals surface area (Å²) in [5.41, 5.74) is -0.826. The van der Waals surface area contributed by atoms with Crippen LogP contribution in [0, 0.1) is 23.7 Å². The fourth-order valence-electron chi connectivity index (χ4n) is 9.19. The van der Waals surface area contributed by atoms with Gasteiger partial charge < -0.3 is 77.9 Å². The maximum absolute atomic E-state index is 13.7. The zero-order valence-electron chi connectivity index (χ0n) is 39.0. The van der Waals surface area contributed by atoms with Crippen LogP contribution in [0.25, 0.3) is 0 Å². The van der Waals surface area contributed by atoms with Crippen molar-refractivity contribution in [1.29, 1.82) is 0 Å². The fraction of sp³-hybridized carbons (Fsp3) is 0.844. The van der Waals surface area contributed by atoms with Crippen LogP contribution < -0.4 is 0 Å². The van der Waals surface area contributed by atoms with Gasteiger partial charge in [-0.25, -0.2) is 0 Å².